The highest BCUT2D eigenvalue weighted by Crippen LogP contribution is 2.34. The van der Waals surface area contributed by atoms with Gasteiger partial charge in [0.25, 0.3) is 0 Å². The van der Waals surface area contributed by atoms with Gasteiger partial charge in [-0.2, -0.15) is 15.3 Å². The molecule has 0 atom stereocenters. The van der Waals surface area contributed by atoms with Crippen molar-refractivity contribution in [3.05, 3.63) is 40.6 Å². The molecular weight excluding hydrogens is 444 g/mol. The lowest BCUT2D eigenvalue weighted by Crippen LogP contribution is -2.35. The average molecular weight is 477 g/mol. The Hall–Kier alpha value is -3.50. The van der Waals surface area contributed by atoms with Gasteiger partial charge in [-0.15, -0.1) is 0 Å². The summed E-state index contributed by atoms with van der Waals surface area (Å²) in [4.78, 5) is 7.04. The van der Waals surface area contributed by atoms with Crippen LogP contribution in [0.5, 0.6) is 5.88 Å². The van der Waals surface area contributed by atoms with Crippen LogP contribution in [-0.2, 0) is 20.1 Å². The molecule has 1 aliphatic rings. The number of fused-ring (bicyclic) bond motifs is 4. The second kappa shape index (κ2) is 9.27. The molecule has 0 amide bonds. The van der Waals surface area contributed by atoms with Crippen molar-refractivity contribution >= 4 is 23.1 Å². The number of aromatic nitrogens is 7. The number of aliphatic hydroxyl groups excluding tert-OH is 1. The molecule has 5 rings (SSSR count). The zero-order valence-electron chi connectivity index (χ0n) is 20.9. The first-order valence-electron chi connectivity index (χ1n) is 12.0. The van der Waals surface area contributed by atoms with E-state index >= 15 is 0 Å². The van der Waals surface area contributed by atoms with E-state index in [0.717, 1.165) is 57.0 Å². The molecule has 0 saturated heterocycles. The number of aromatic amines is 1. The van der Waals surface area contributed by atoms with Gasteiger partial charge in [0, 0.05) is 37.1 Å². The van der Waals surface area contributed by atoms with Crippen LogP contribution in [0.2, 0.25) is 0 Å². The van der Waals surface area contributed by atoms with Crippen LogP contribution >= 0.6 is 0 Å². The number of nitrogens with zero attached hydrogens (tertiary/aromatic N) is 7. The fourth-order valence-corrected chi connectivity index (χ4v) is 4.74. The molecule has 2 N–H and O–H groups in total. The van der Waals surface area contributed by atoms with Gasteiger partial charge in [0.1, 0.15) is 6.61 Å². The summed E-state index contributed by atoms with van der Waals surface area (Å²) in [6.07, 6.45) is 5.91. The minimum atomic E-state index is 0.0322. The lowest BCUT2D eigenvalue weighted by molar-refractivity contribution is 0.159. The van der Waals surface area contributed by atoms with Gasteiger partial charge in [-0.05, 0) is 45.9 Å². The summed E-state index contributed by atoms with van der Waals surface area (Å²) in [6.45, 7) is 10.7. The van der Waals surface area contributed by atoms with E-state index < -0.39 is 0 Å². The summed E-state index contributed by atoms with van der Waals surface area (Å²) in [6, 6.07) is 2.33. The molecule has 0 spiro atoms. The summed E-state index contributed by atoms with van der Waals surface area (Å²) in [5, 5.41) is 27.6. The Kier molecular flexibility index (Phi) is 6.16. The van der Waals surface area contributed by atoms with E-state index in [1.807, 2.05) is 37.7 Å². The summed E-state index contributed by atoms with van der Waals surface area (Å²) < 4.78 is 10.0. The molecule has 0 aliphatic carbocycles. The van der Waals surface area contributed by atoms with Crippen LogP contribution in [0.3, 0.4) is 0 Å². The first-order chi connectivity index (χ1) is 16.9. The van der Waals surface area contributed by atoms with Crippen molar-refractivity contribution in [2.45, 2.75) is 46.8 Å². The van der Waals surface area contributed by atoms with Gasteiger partial charge >= 0.3 is 0 Å². The number of hydrogen-bond donors (Lipinski definition) is 2. The third kappa shape index (κ3) is 4.23. The Labute approximate surface area is 204 Å². The van der Waals surface area contributed by atoms with Crippen LogP contribution in [-0.4, -0.2) is 70.5 Å². The molecule has 0 aromatic carbocycles. The molecule has 4 aromatic heterocycles. The lowest BCUT2D eigenvalue weighted by Gasteiger charge is -2.27. The predicted octanol–water partition coefficient (Wildman–Crippen LogP) is 2.94. The molecule has 0 fully saturated rings. The van der Waals surface area contributed by atoms with Crippen molar-refractivity contribution in [3.8, 4) is 17.1 Å². The summed E-state index contributed by atoms with van der Waals surface area (Å²) in [7, 11) is 1.90. The van der Waals surface area contributed by atoms with E-state index in [-0.39, 0.29) is 6.61 Å². The predicted molar refractivity (Wildman–Crippen MR) is 135 cm³/mol. The topological polar surface area (TPSA) is 110 Å². The van der Waals surface area contributed by atoms with Crippen LogP contribution in [0.1, 0.15) is 42.2 Å². The average Bonchev–Trinajstić information content (AvgIpc) is 3.44. The number of H-pyrrole nitrogens is 1. The maximum Gasteiger partial charge on any atom is 0.221 e. The summed E-state index contributed by atoms with van der Waals surface area (Å²) >= 11 is 0. The van der Waals surface area contributed by atoms with E-state index in [1.54, 1.807) is 10.9 Å². The van der Waals surface area contributed by atoms with E-state index in [2.05, 4.69) is 45.1 Å². The fraction of sp³-hybridized carbons (Fsp3) is 0.440. The summed E-state index contributed by atoms with van der Waals surface area (Å²) in [5.74, 6) is 0.704. The number of ether oxygens (including phenoxy) is 1. The minimum absolute atomic E-state index is 0.0322. The molecule has 0 radical (unpaired) electrons. The molecule has 184 valence electrons. The molecule has 0 unspecified atom stereocenters. The number of pyridine rings is 1. The van der Waals surface area contributed by atoms with Crippen molar-refractivity contribution < 1.29 is 9.84 Å². The van der Waals surface area contributed by atoms with E-state index in [1.165, 1.54) is 0 Å². The molecule has 2 bridgehead atoms. The zero-order chi connectivity index (χ0) is 24.7. The number of aryl methyl sites for hydroxylation is 3. The van der Waals surface area contributed by atoms with Crippen molar-refractivity contribution in [2.24, 2.45) is 7.05 Å². The maximum atomic E-state index is 9.65. The highest BCUT2D eigenvalue weighted by atomic mass is 16.5. The Morgan fingerprint density at radius 3 is 2.77 bits per heavy atom. The van der Waals surface area contributed by atoms with Crippen LogP contribution in [0.25, 0.3) is 34.3 Å². The van der Waals surface area contributed by atoms with Gasteiger partial charge < -0.3 is 9.84 Å². The smallest absolute Gasteiger partial charge is 0.221 e. The standard InChI is InChI=1S/C25H32N8O2/c1-15(2)32-9-11-35-25-24(17(4)29-31(25)5)21-12-19-20(27-28-22(19)13-26-21)7-6-18-16(3)30-33(8-10-34)23(18)14-32/h6-7,12-13,15,34H,8-11,14H2,1-5H3,(H,27,28)/b7-6+. The van der Waals surface area contributed by atoms with Crippen molar-refractivity contribution in [3.63, 3.8) is 0 Å². The molecule has 5 heterocycles. The molecule has 4 aromatic rings. The number of rotatable bonds is 3. The van der Waals surface area contributed by atoms with E-state index in [0.29, 0.717) is 31.6 Å². The van der Waals surface area contributed by atoms with E-state index in [9.17, 15) is 5.11 Å². The number of hydrogen-bond acceptors (Lipinski definition) is 7. The highest BCUT2D eigenvalue weighted by molar-refractivity contribution is 5.92. The molecular formula is C25H32N8O2. The Morgan fingerprint density at radius 1 is 1.17 bits per heavy atom. The maximum absolute atomic E-state index is 9.65. The van der Waals surface area contributed by atoms with Crippen LogP contribution in [0.15, 0.2) is 12.3 Å². The first-order valence-corrected chi connectivity index (χ1v) is 12.0. The SMILES string of the molecule is Cc1nn(CCO)c2c1/C=C/c1n[nH]c3cnc(cc13)-c1c(C)nn(C)c1OCCN(C(C)C)C2. The third-order valence-corrected chi connectivity index (χ3v) is 6.61. The van der Waals surface area contributed by atoms with Gasteiger partial charge in [-0.1, -0.05) is 0 Å². The summed E-state index contributed by atoms with van der Waals surface area (Å²) in [5.41, 5.74) is 7.29. The van der Waals surface area contributed by atoms with Crippen molar-refractivity contribution in [1.82, 2.24) is 39.6 Å². The van der Waals surface area contributed by atoms with Gasteiger partial charge in [0.2, 0.25) is 5.88 Å². The normalized spacial score (nSPS) is 15.6. The first kappa shape index (κ1) is 23.3. The molecule has 35 heavy (non-hydrogen) atoms. The number of aliphatic hydroxyl groups is 1. The largest absolute Gasteiger partial charge is 0.476 e. The van der Waals surface area contributed by atoms with Gasteiger partial charge in [-0.25, -0.2) is 4.68 Å². The Morgan fingerprint density at radius 2 is 2.00 bits per heavy atom. The second-order valence-corrected chi connectivity index (χ2v) is 9.25. The van der Waals surface area contributed by atoms with Crippen LogP contribution < -0.4 is 4.74 Å². The van der Waals surface area contributed by atoms with Gasteiger partial charge in [0.15, 0.2) is 0 Å². The Bertz CT molecular complexity index is 1390. The quantitative estimate of drug-likeness (QED) is 0.468. The Balaban J connectivity index is 1.69. The monoisotopic (exact) mass is 476 g/mol. The minimum Gasteiger partial charge on any atom is -0.476 e. The van der Waals surface area contributed by atoms with Crippen molar-refractivity contribution in [2.75, 3.05) is 19.8 Å². The van der Waals surface area contributed by atoms with Crippen molar-refractivity contribution in [1.29, 1.82) is 0 Å². The van der Waals surface area contributed by atoms with Gasteiger partial charge in [0.05, 0.1) is 58.9 Å². The van der Waals surface area contributed by atoms with Crippen LogP contribution in [0, 0.1) is 13.8 Å². The number of nitrogens with one attached hydrogen (secondary N) is 1. The second-order valence-electron chi connectivity index (χ2n) is 9.25. The molecule has 10 heteroatoms. The molecule has 1 aliphatic heterocycles. The lowest BCUT2D eigenvalue weighted by atomic mass is 10.1. The van der Waals surface area contributed by atoms with Gasteiger partial charge in [-0.3, -0.25) is 19.7 Å². The highest BCUT2D eigenvalue weighted by Gasteiger charge is 2.22. The molecule has 10 nitrogen and oxygen atoms in total. The van der Waals surface area contributed by atoms with Crippen LogP contribution in [0.4, 0.5) is 0 Å². The third-order valence-electron chi connectivity index (χ3n) is 6.61. The zero-order valence-corrected chi connectivity index (χ0v) is 20.9. The fourth-order valence-electron chi connectivity index (χ4n) is 4.74. The van der Waals surface area contributed by atoms with E-state index in [4.69, 9.17) is 9.84 Å². The molecule has 0 saturated carbocycles.